The minimum atomic E-state index is -3.84. The molecule has 8 heteroatoms. The summed E-state index contributed by atoms with van der Waals surface area (Å²) in [5, 5.41) is 3.10. The summed E-state index contributed by atoms with van der Waals surface area (Å²) in [7, 11) is -2.39. The van der Waals surface area contributed by atoms with Gasteiger partial charge in [-0.1, -0.05) is 30.9 Å². The standard InChI is InChI=1S/C16H23ClN2O4S/c1-11(16(20)18-12-6-4-3-5-7-12)19-24(21,22)13-8-9-15(23-2)14(17)10-13/h8-12,19H,3-7H2,1-2H3,(H,18,20)/t11-/m0/s1. The Morgan fingerprint density at radius 2 is 1.96 bits per heavy atom. The van der Waals surface area contributed by atoms with Gasteiger partial charge in [0, 0.05) is 6.04 Å². The molecule has 1 saturated carbocycles. The number of benzene rings is 1. The molecule has 1 amide bonds. The highest BCUT2D eigenvalue weighted by Gasteiger charge is 2.25. The monoisotopic (exact) mass is 374 g/mol. The highest BCUT2D eigenvalue weighted by Crippen LogP contribution is 2.27. The lowest BCUT2D eigenvalue weighted by Gasteiger charge is -2.24. The molecule has 0 radical (unpaired) electrons. The fourth-order valence-electron chi connectivity index (χ4n) is 2.74. The van der Waals surface area contributed by atoms with Crippen LogP contribution in [0.5, 0.6) is 5.75 Å². The molecular formula is C16H23ClN2O4S. The lowest BCUT2D eigenvalue weighted by molar-refractivity contribution is -0.123. The van der Waals surface area contributed by atoms with Gasteiger partial charge in [0.15, 0.2) is 0 Å². The number of carbonyl (C=O) groups is 1. The minimum absolute atomic E-state index is 0.00869. The lowest BCUT2D eigenvalue weighted by Crippen LogP contribution is -2.48. The van der Waals surface area contributed by atoms with E-state index < -0.39 is 16.1 Å². The van der Waals surface area contributed by atoms with Crippen molar-refractivity contribution in [2.75, 3.05) is 7.11 Å². The maximum atomic E-state index is 12.4. The van der Waals surface area contributed by atoms with E-state index in [1.807, 2.05) is 0 Å². The molecule has 1 aromatic carbocycles. The van der Waals surface area contributed by atoms with Crippen molar-refractivity contribution in [1.29, 1.82) is 0 Å². The van der Waals surface area contributed by atoms with E-state index in [-0.39, 0.29) is 21.9 Å². The topological polar surface area (TPSA) is 84.5 Å². The summed E-state index contributed by atoms with van der Waals surface area (Å²) in [6.45, 7) is 1.53. The molecule has 0 spiro atoms. The normalized spacial score (nSPS) is 17.3. The molecule has 0 heterocycles. The van der Waals surface area contributed by atoms with E-state index in [1.165, 1.54) is 38.7 Å². The van der Waals surface area contributed by atoms with Crippen LogP contribution in [0.15, 0.2) is 23.1 Å². The first kappa shape index (κ1) is 19.0. The molecular weight excluding hydrogens is 352 g/mol. The van der Waals surface area contributed by atoms with Gasteiger partial charge in [0.1, 0.15) is 5.75 Å². The Bertz CT molecular complexity index is 687. The number of ether oxygens (including phenoxy) is 1. The smallest absolute Gasteiger partial charge is 0.241 e. The van der Waals surface area contributed by atoms with Crippen LogP contribution in [-0.2, 0) is 14.8 Å². The molecule has 6 nitrogen and oxygen atoms in total. The Morgan fingerprint density at radius 1 is 1.29 bits per heavy atom. The van der Waals surface area contributed by atoms with Gasteiger partial charge in [0.25, 0.3) is 0 Å². The first-order chi connectivity index (χ1) is 11.3. The van der Waals surface area contributed by atoms with Gasteiger partial charge in [0.05, 0.1) is 23.1 Å². The van der Waals surface area contributed by atoms with Crippen LogP contribution in [0, 0.1) is 0 Å². The van der Waals surface area contributed by atoms with Crippen molar-refractivity contribution in [1.82, 2.24) is 10.0 Å². The van der Waals surface area contributed by atoms with Crippen molar-refractivity contribution >= 4 is 27.5 Å². The van der Waals surface area contributed by atoms with E-state index in [0.29, 0.717) is 5.75 Å². The Kier molecular flexibility index (Phi) is 6.48. The number of hydrogen-bond donors (Lipinski definition) is 2. The summed E-state index contributed by atoms with van der Waals surface area (Å²) < 4.78 is 32.2. The van der Waals surface area contributed by atoms with E-state index >= 15 is 0 Å². The van der Waals surface area contributed by atoms with Gasteiger partial charge in [0.2, 0.25) is 15.9 Å². The van der Waals surface area contributed by atoms with Crippen molar-refractivity contribution in [3.05, 3.63) is 23.2 Å². The van der Waals surface area contributed by atoms with Crippen molar-refractivity contribution in [3.8, 4) is 5.75 Å². The predicted molar refractivity (Wildman–Crippen MR) is 92.8 cm³/mol. The molecule has 0 aliphatic heterocycles. The van der Waals surface area contributed by atoms with Gasteiger partial charge in [-0.15, -0.1) is 0 Å². The zero-order valence-corrected chi connectivity index (χ0v) is 15.4. The molecule has 1 fully saturated rings. The number of nitrogens with one attached hydrogen (secondary N) is 2. The second kappa shape index (κ2) is 8.18. The van der Waals surface area contributed by atoms with Crippen molar-refractivity contribution in [2.45, 2.75) is 56.0 Å². The summed E-state index contributed by atoms with van der Waals surface area (Å²) in [5.74, 6) is 0.0730. The second-order valence-electron chi connectivity index (χ2n) is 5.98. The number of amides is 1. The Balaban J connectivity index is 2.01. The summed E-state index contributed by atoms with van der Waals surface area (Å²) >= 11 is 5.97. The van der Waals surface area contributed by atoms with Crippen LogP contribution in [0.2, 0.25) is 5.02 Å². The molecule has 0 bridgehead atoms. The molecule has 0 saturated heterocycles. The first-order valence-electron chi connectivity index (χ1n) is 7.99. The quantitative estimate of drug-likeness (QED) is 0.801. The molecule has 2 N–H and O–H groups in total. The van der Waals surface area contributed by atoms with E-state index in [1.54, 1.807) is 0 Å². The highest BCUT2D eigenvalue weighted by atomic mass is 35.5. The maximum Gasteiger partial charge on any atom is 0.241 e. The van der Waals surface area contributed by atoms with E-state index in [0.717, 1.165) is 25.7 Å². The van der Waals surface area contributed by atoms with Gasteiger partial charge < -0.3 is 10.1 Å². The van der Waals surface area contributed by atoms with Gasteiger partial charge in [-0.2, -0.15) is 4.72 Å². The van der Waals surface area contributed by atoms with Crippen LogP contribution in [0.1, 0.15) is 39.0 Å². The van der Waals surface area contributed by atoms with E-state index in [9.17, 15) is 13.2 Å². The number of halogens is 1. The van der Waals surface area contributed by atoms with Crippen LogP contribution in [0.25, 0.3) is 0 Å². The molecule has 0 unspecified atom stereocenters. The SMILES string of the molecule is COc1ccc(S(=O)(=O)N[C@@H](C)C(=O)NC2CCCCC2)cc1Cl. The Morgan fingerprint density at radius 3 is 2.54 bits per heavy atom. The van der Waals surface area contributed by atoms with Crippen LogP contribution in [-0.4, -0.2) is 33.5 Å². The van der Waals surface area contributed by atoms with Gasteiger partial charge >= 0.3 is 0 Å². The number of sulfonamides is 1. The average molecular weight is 375 g/mol. The predicted octanol–water partition coefficient (Wildman–Crippen LogP) is 2.46. The van der Waals surface area contributed by atoms with Gasteiger partial charge in [-0.3, -0.25) is 4.79 Å². The second-order valence-corrected chi connectivity index (χ2v) is 8.10. The molecule has 134 valence electrons. The first-order valence-corrected chi connectivity index (χ1v) is 9.86. The summed E-state index contributed by atoms with van der Waals surface area (Å²) in [5.41, 5.74) is 0. The van der Waals surface area contributed by atoms with E-state index in [4.69, 9.17) is 16.3 Å². The molecule has 1 atom stereocenters. The minimum Gasteiger partial charge on any atom is -0.495 e. The zero-order chi connectivity index (χ0) is 17.7. The van der Waals surface area contributed by atoms with Gasteiger partial charge in [-0.05, 0) is 38.0 Å². The third kappa shape index (κ3) is 4.84. The highest BCUT2D eigenvalue weighted by molar-refractivity contribution is 7.89. The van der Waals surface area contributed by atoms with Crippen molar-refractivity contribution in [3.63, 3.8) is 0 Å². The number of methoxy groups -OCH3 is 1. The number of carbonyl (C=O) groups excluding carboxylic acids is 1. The fourth-order valence-corrected chi connectivity index (χ4v) is 4.29. The maximum absolute atomic E-state index is 12.4. The van der Waals surface area contributed by atoms with Crippen LogP contribution < -0.4 is 14.8 Å². The fraction of sp³-hybridized carbons (Fsp3) is 0.562. The summed E-state index contributed by atoms with van der Waals surface area (Å²) in [4.78, 5) is 12.2. The molecule has 24 heavy (non-hydrogen) atoms. The number of hydrogen-bond acceptors (Lipinski definition) is 4. The molecule has 0 aromatic heterocycles. The Hall–Kier alpha value is -1.31. The molecule has 1 aliphatic rings. The van der Waals surface area contributed by atoms with E-state index in [2.05, 4.69) is 10.0 Å². The zero-order valence-electron chi connectivity index (χ0n) is 13.8. The molecule has 1 aliphatic carbocycles. The van der Waals surface area contributed by atoms with Crippen molar-refractivity contribution in [2.24, 2.45) is 0 Å². The third-order valence-corrected chi connectivity index (χ3v) is 5.94. The van der Waals surface area contributed by atoms with Crippen LogP contribution in [0.4, 0.5) is 0 Å². The van der Waals surface area contributed by atoms with Crippen LogP contribution in [0.3, 0.4) is 0 Å². The number of rotatable bonds is 6. The third-order valence-electron chi connectivity index (χ3n) is 4.11. The summed E-state index contributed by atoms with van der Waals surface area (Å²) in [6.07, 6.45) is 5.26. The van der Waals surface area contributed by atoms with Crippen LogP contribution >= 0.6 is 11.6 Å². The van der Waals surface area contributed by atoms with Crippen molar-refractivity contribution < 1.29 is 17.9 Å². The van der Waals surface area contributed by atoms with Gasteiger partial charge in [-0.25, -0.2) is 8.42 Å². The summed E-state index contributed by atoms with van der Waals surface area (Å²) in [6, 6.07) is 3.43. The molecule has 1 aromatic rings. The lowest BCUT2D eigenvalue weighted by atomic mass is 9.95. The average Bonchev–Trinajstić information content (AvgIpc) is 2.55. The largest absolute Gasteiger partial charge is 0.495 e. The molecule has 2 rings (SSSR count). The Labute approximate surface area is 148 Å².